The molecule has 5 aromatic rings. The highest BCUT2D eigenvalue weighted by atomic mass is 32.1. The minimum Gasteiger partial charge on any atom is -0.487 e. The van der Waals surface area contributed by atoms with E-state index in [1.54, 1.807) is 34.8 Å². The molecule has 0 saturated carbocycles. The van der Waals surface area contributed by atoms with E-state index < -0.39 is 0 Å². The number of nitrogens with one attached hydrogen (secondary N) is 1. The first-order valence-corrected chi connectivity index (χ1v) is 11.8. The maximum Gasteiger partial charge on any atom is 0.255 e. The van der Waals surface area contributed by atoms with E-state index in [0.717, 1.165) is 37.2 Å². The van der Waals surface area contributed by atoms with Crippen LogP contribution in [0.4, 0.5) is 5.69 Å². The normalized spacial score (nSPS) is 10.9. The predicted molar refractivity (Wildman–Crippen MR) is 131 cm³/mol. The van der Waals surface area contributed by atoms with Crippen LogP contribution in [0, 0.1) is 6.92 Å². The zero-order chi connectivity index (χ0) is 21.9. The minimum atomic E-state index is -0.200. The van der Waals surface area contributed by atoms with Gasteiger partial charge in [-0.2, -0.15) is 0 Å². The fourth-order valence-corrected chi connectivity index (χ4v) is 4.92. The summed E-state index contributed by atoms with van der Waals surface area (Å²) in [6.45, 7) is 2.33. The fourth-order valence-electron chi connectivity index (χ4n) is 3.32. The largest absolute Gasteiger partial charge is 0.487 e. The van der Waals surface area contributed by atoms with Crippen LogP contribution in [0.3, 0.4) is 0 Å². The molecule has 0 aliphatic rings. The first-order valence-electron chi connectivity index (χ1n) is 10.1. The smallest absolute Gasteiger partial charge is 0.255 e. The number of aromatic nitrogens is 2. The average Bonchev–Trinajstić information content (AvgIpc) is 3.44. The van der Waals surface area contributed by atoms with Gasteiger partial charge in [-0.1, -0.05) is 30.3 Å². The Morgan fingerprint density at radius 2 is 1.84 bits per heavy atom. The number of nitrogens with zero attached hydrogens (tertiary/aromatic N) is 2. The summed E-state index contributed by atoms with van der Waals surface area (Å²) in [5.41, 5.74) is 3.98. The van der Waals surface area contributed by atoms with Gasteiger partial charge in [0.25, 0.3) is 5.91 Å². The number of amides is 1. The van der Waals surface area contributed by atoms with Crippen molar-refractivity contribution in [2.24, 2.45) is 0 Å². The number of para-hydroxylation sites is 2. The highest BCUT2D eigenvalue weighted by molar-refractivity contribution is 7.21. The standard InChI is InChI=1S/C25H19N3O2S2/c1-16-26-18(15-31-16)14-30-19-8-6-7-17(13-19)24(29)27-21-10-3-2-9-20(21)25-28-22-11-4-5-12-23(22)32-25/h2-13,15H,14H2,1H3,(H,27,29). The molecule has 158 valence electrons. The Morgan fingerprint density at radius 3 is 2.69 bits per heavy atom. The topological polar surface area (TPSA) is 64.1 Å². The molecule has 2 aromatic heterocycles. The van der Waals surface area contributed by atoms with Gasteiger partial charge in [0, 0.05) is 16.5 Å². The van der Waals surface area contributed by atoms with Gasteiger partial charge in [-0.25, -0.2) is 9.97 Å². The summed E-state index contributed by atoms with van der Waals surface area (Å²) in [5.74, 6) is 0.427. The van der Waals surface area contributed by atoms with Crippen molar-refractivity contribution < 1.29 is 9.53 Å². The third kappa shape index (κ3) is 4.39. The van der Waals surface area contributed by atoms with E-state index in [4.69, 9.17) is 9.72 Å². The number of benzene rings is 3. The van der Waals surface area contributed by atoms with Crippen LogP contribution in [0.5, 0.6) is 5.75 Å². The zero-order valence-electron chi connectivity index (χ0n) is 17.2. The number of carbonyl (C=O) groups excluding carboxylic acids is 1. The highest BCUT2D eigenvalue weighted by Crippen LogP contribution is 2.34. The molecule has 0 aliphatic carbocycles. The van der Waals surface area contributed by atoms with Crippen molar-refractivity contribution >= 4 is 44.5 Å². The van der Waals surface area contributed by atoms with Gasteiger partial charge in [-0.15, -0.1) is 22.7 Å². The second-order valence-electron chi connectivity index (χ2n) is 7.16. The third-order valence-electron chi connectivity index (χ3n) is 4.85. The van der Waals surface area contributed by atoms with Gasteiger partial charge in [0.1, 0.15) is 17.4 Å². The molecule has 0 saturated heterocycles. The first-order chi connectivity index (χ1) is 15.7. The van der Waals surface area contributed by atoms with Crippen molar-refractivity contribution in [2.75, 3.05) is 5.32 Å². The SMILES string of the molecule is Cc1nc(COc2cccc(C(=O)Nc3ccccc3-c3nc4ccccc4s3)c2)cs1. The molecule has 3 aromatic carbocycles. The Bertz CT molecular complexity index is 1370. The van der Waals surface area contributed by atoms with Crippen molar-refractivity contribution in [3.8, 4) is 16.3 Å². The molecular formula is C25H19N3O2S2. The molecule has 5 nitrogen and oxygen atoms in total. The quantitative estimate of drug-likeness (QED) is 0.314. The van der Waals surface area contributed by atoms with Crippen LogP contribution >= 0.6 is 22.7 Å². The van der Waals surface area contributed by atoms with E-state index >= 15 is 0 Å². The number of anilines is 1. The van der Waals surface area contributed by atoms with Crippen LogP contribution in [0.2, 0.25) is 0 Å². The van der Waals surface area contributed by atoms with E-state index in [1.807, 2.05) is 66.9 Å². The van der Waals surface area contributed by atoms with Crippen molar-refractivity contribution in [1.82, 2.24) is 9.97 Å². The molecule has 5 rings (SSSR count). The van der Waals surface area contributed by atoms with Crippen molar-refractivity contribution in [1.29, 1.82) is 0 Å². The summed E-state index contributed by atoms with van der Waals surface area (Å²) in [6, 6.07) is 22.9. The Hall–Kier alpha value is -3.55. The molecular weight excluding hydrogens is 438 g/mol. The molecule has 0 radical (unpaired) electrons. The summed E-state index contributed by atoms with van der Waals surface area (Å²) < 4.78 is 6.94. The third-order valence-corrected chi connectivity index (χ3v) is 6.74. The molecule has 0 spiro atoms. The lowest BCUT2D eigenvalue weighted by molar-refractivity contribution is 0.102. The number of aryl methyl sites for hydroxylation is 1. The molecule has 2 heterocycles. The average molecular weight is 458 g/mol. The van der Waals surface area contributed by atoms with E-state index in [1.165, 1.54) is 0 Å². The highest BCUT2D eigenvalue weighted by Gasteiger charge is 2.14. The lowest BCUT2D eigenvalue weighted by Gasteiger charge is -2.10. The van der Waals surface area contributed by atoms with Gasteiger partial charge in [0.15, 0.2) is 0 Å². The zero-order valence-corrected chi connectivity index (χ0v) is 18.9. The van der Waals surface area contributed by atoms with E-state index in [-0.39, 0.29) is 5.91 Å². The number of rotatable bonds is 6. The summed E-state index contributed by atoms with van der Waals surface area (Å²) >= 11 is 3.20. The van der Waals surface area contributed by atoms with Crippen molar-refractivity contribution in [3.05, 3.63) is 94.4 Å². The number of ether oxygens (including phenoxy) is 1. The van der Waals surface area contributed by atoms with Gasteiger partial charge < -0.3 is 10.1 Å². The number of hydrogen-bond donors (Lipinski definition) is 1. The van der Waals surface area contributed by atoms with Crippen LogP contribution in [0.15, 0.2) is 78.2 Å². The molecule has 0 atom stereocenters. The number of fused-ring (bicyclic) bond motifs is 1. The molecule has 7 heteroatoms. The second kappa shape index (κ2) is 8.90. The van der Waals surface area contributed by atoms with Crippen molar-refractivity contribution in [2.45, 2.75) is 13.5 Å². The Morgan fingerprint density at radius 1 is 1.00 bits per heavy atom. The van der Waals surface area contributed by atoms with E-state index in [9.17, 15) is 4.79 Å². The van der Waals surface area contributed by atoms with E-state index in [2.05, 4.69) is 16.4 Å². The molecule has 0 aliphatic heterocycles. The van der Waals surface area contributed by atoms with Gasteiger partial charge in [0.05, 0.1) is 26.6 Å². The van der Waals surface area contributed by atoms with Crippen molar-refractivity contribution in [3.63, 3.8) is 0 Å². The maximum absolute atomic E-state index is 13.0. The summed E-state index contributed by atoms with van der Waals surface area (Å²) in [6.07, 6.45) is 0. The lowest BCUT2D eigenvalue weighted by Crippen LogP contribution is -2.12. The number of thiazole rings is 2. The molecule has 1 N–H and O–H groups in total. The van der Waals surface area contributed by atoms with Crippen LogP contribution in [0.25, 0.3) is 20.8 Å². The lowest BCUT2D eigenvalue weighted by atomic mass is 10.1. The van der Waals surface area contributed by atoms with Gasteiger partial charge >= 0.3 is 0 Å². The Balaban J connectivity index is 1.35. The Kier molecular flexibility index (Phi) is 5.66. The molecule has 0 fully saturated rings. The monoisotopic (exact) mass is 457 g/mol. The van der Waals surface area contributed by atoms with Crippen LogP contribution in [-0.4, -0.2) is 15.9 Å². The molecule has 0 bridgehead atoms. The Labute approximate surface area is 193 Å². The van der Waals surface area contributed by atoms with E-state index in [0.29, 0.717) is 17.9 Å². The summed E-state index contributed by atoms with van der Waals surface area (Å²) in [4.78, 5) is 22.1. The summed E-state index contributed by atoms with van der Waals surface area (Å²) in [5, 5.41) is 6.89. The molecule has 0 unspecified atom stereocenters. The van der Waals surface area contributed by atoms with Crippen LogP contribution in [-0.2, 0) is 6.61 Å². The first kappa shape index (κ1) is 20.4. The molecule has 32 heavy (non-hydrogen) atoms. The number of carbonyl (C=O) groups is 1. The minimum absolute atomic E-state index is 0.200. The molecule has 1 amide bonds. The fraction of sp³-hybridized carbons (Fsp3) is 0.0800. The number of hydrogen-bond acceptors (Lipinski definition) is 6. The predicted octanol–water partition coefficient (Wildman–Crippen LogP) is 6.56. The van der Waals surface area contributed by atoms with Gasteiger partial charge in [-0.3, -0.25) is 4.79 Å². The van der Waals surface area contributed by atoms with Crippen LogP contribution < -0.4 is 10.1 Å². The second-order valence-corrected chi connectivity index (χ2v) is 9.25. The van der Waals surface area contributed by atoms with Gasteiger partial charge in [-0.05, 0) is 49.4 Å². The van der Waals surface area contributed by atoms with Gasteiger partial charge in [0.2, 0.25) is 0 Å². The summed E-state index contributed by atoms with van der Waals surface area (Å²) in [7, 11) is 0. The van der Waals surface area contributed by atoms with Crippen LogP contribution in [0.1, 0.15) is 21.1 Å². The maximum atomic E-state index is 13.0.